The lowest BCUT2D eigenvalue weighted by atomic mass is 9.76. The Labute approximate surface area is 161 Å². The summed E-state index contributed by atoms with van der Waals surface area (Å²) in [4.78, 5) is 14.5. The predicted octanol–water partition coefficient (Wildman–Crippen LogP) is 3.20. The van der Waals surface area contributed by atoms with Gasteiger partial charge in [0, 0.05) is 24.7 Å². The third kappa shape index (κ3) is 2.74. The van der Waals surface area contributed by atoms with Gasteiger partial charge in [-0.2, -0.15) is 5.26 Å². The van der Waals surface area contributed by atoms with Crippen molar-refractivity contribution < 1.29 is 14.3 Å². The van der Waals surface area contributed by atoms with Crippen LogP contribution in [0.4, 0.5) is 0 Å². The second-order valence-corrected chi connectivity index (χ2v) is 7.13. The molecule has 2 aliphatic rings. The summed E-state index contributed by atoms with van der Waals surface area (Å²) < 4.78 is 11.5. The number of halogens is 1. The number of hydrogen-bond donors (Lipinski definition) is 1. The zero-order valence-corrected chi connectivity index (χ0v) is 16.5. The van der Waals surface area contributed by atoms with Crippen LogP contribution in [0.15, 0.2) is 39.3 Å². The van der Waals surface area contributed by atoms with Crippen LogP contribution in [0.2, 0.25) is 0 Å². The molecule has 1 aliphatic heterocycles. The molecule has 1 heterocycles. The Morgan fingerprint density at radius 3 is 2.65 bits per heavy atom. The fourth-order valence-corrected chi connectivity index (χ4v) is 4.32. The largest absolute Gasteiger partial charge is 0.493 e. The average molecular weight is 418 g/mol. The van der Waals surface area contributed by atoms with Crippen molar-refractivity contribution in [2.75, 3.05) is 21.3 Å². The molecule has 0 fully saturated rings. The van der Waals surface area contributed by atoms with Crippen LogP contribution < -0.4 is 15.2 Å². The summed E-state index contributed by atoms with van der Waals surface area (Å²) in [5.74, 6) is 1.03. The quantitative estimate of drug-likeness (QED) is 0.811. The fraction of sp³-hybridized carbons (Fsp3) is 0.368. The number of nitriles is 1. The van der Waals surface area contributed by atoms with E-state index in [1.807, 2.05) is 6.07 Å². The average Bonchev–Trinajstić information content (AvgIpc) is 2.64. The minimum Gasteiger partial charge on any atom is -0.493 e. The van der Waals surface area contributed by atoms with Crippen molar-refractivity contribution in [1.29, 1.82) is 5.26 Å². The van der Waals surface area contributed by atoms with Gasteiger partial charge in [0.2, 0.25) is 0 Å². The molecule has 0 saturated heterocycles. The first kappa shape index (κ1) is 18.3. The number of nitrogens with zero attached hydrogens (tertiary/aromatic N) is 2. The van der Waals surface area contributed by atoms with Crippen LogP contribution in [0, 0.1) is 11.3 Å². The Hall–Kier alpha value is -2.46. The van der Waals surface area contributed by atoms with Gasteiger partial charge in [0.05, 0.1) is 36.3 Å². The number of rotatable bonds is 3. The molecule has 0 bridgehead atoms. The van der Waals surface area contributed by atoms with E-state index < -0.39 is 5.92 Å². The van der Waals surface area contributed by atoms with Gasteiger partial charge in [0.15, 0.2) is 17.3 Å². The van der Waals surface area contributed by atoms with E-state index in [0.29, 0.717) is 39.4 Å². The number of Topliss-reactive ketones (excluding diaryl/α,β-unsaturated/α-hetero) is 1. The topological polar surface area (TPSA) is 88.6 Å². The van der Waals surface area contributed by atoms with Crippen LogP contribution in [-0.4, -0.2) is 32.0 Å². The number of carbonyl (C=O) groups excluding carboxylic acids is 1. The molecule has 2 N–H and O–H groups in total. The Morgan fingerprint density at radius 1 is 1.31 bits per heavy atom. The van der Waals surface area contributed by atoms with Crippen LogP contribution in [0.5, 0.6) is 11.5 Å². The highest BCUT2D eigenvalue weighted by atomic mass is 79.9. The molecule has 0 unspecified atom stereocenters. The summed E-state index contributed by atoms with van der Waals surface area (Å²) in [5, 5.41) is 9.77. The van der Waals surface area contributed by atoms with Gasteiger partial charge >= 0.3 is 0 Å². The molecular formula is C19H20BrN3O3. The molecular weight excluding hydrogens is 398 g/mol. The molecule has 3 rings (SSSR count). The van der Waals surface area contributed by atoms with Crippen LogP contribution in [0.25, 0.3) is 0 Å². The Balaban J connectivity index is 2.27. The number of hydrogen-bond acceptors (Lipinski definition) is 6. The van der Waals surface area contributed by atoms with E-state index in [4.69, 9.17) is 15.2 Å². The van der Waals surface area contributed by atoms with Gasteiger partial charge in [-0.05, 0) is 46.5 Å². The van der Waals surface area contributed by atoms with E-state index in [1.54, 1.807) is 32.2 Å². The standard InChI is InChI=1S/C19H20BrN3O3/c1-23-13-5-4-6-14(24)17(13)16(11(9-21)19(23)22)10-7-12(20)18(26-3)15(8-10)25-2/h7-8,16H,4-6,22H2,1-3H3/t16-/m0/s1. The van der Waals surface area contributed by atoms with Crippen LogP contribution in [0.1, 0.15) is 30.7 Å². The molecule has 0 aromatic heterocycles. The number of benzene rings is 1. The first-order chi connectivity index (χ1) is 12.4. The zero-order valence-electron chi connectivity index (χ0n) is 14.9. The van der Waals surface area contributed by atoms with Gasteiger partial charge in [-0.1, -0.05) is 0 Å². The fourth-order valence-electron chi connectivity index (χ4n) is 3.70. The molecule has 1 atom stereocenters. The van der Waals surface area contributed by atoms with E-state index in [0.717, 1.165) is 24.1 Å². The first-order valence-corrected chi connectivity index (χ1v) is 9.05. The zero-order chi connectivity index (χ0) is 19.0. The van der Waals surface area contributed by atoms with E-state index in [-0.39, 0.29) is 5.78 Å². The SMILES string of the molecule is COc1cc([C@H]2C(C#N)=C(N)N(C)C3=C2C(=O)CCC3)cc(Br)c1OC. The molecule has 26 heavy (non-hydrogen) atoms. The maximum absolute atomic E-state index is 12.8. The van der Waals surface area contributed by atoms with Gasteiger partial charge < -0.3 is 20.1 Å². The Kier molecular flexibility index (Phi) is 4.97. The molecule has 0 saturated carbocycles. The second-order valence-electron chi connectivity index (χ2n) is 6.28. The van der Waals surface area contributed by atoms with Crippen LogP contribution in [-0.2, 0) is 4.79 Å². The van der Waals surface area contributed by atoms with Crippen LogP contribution >= 0.6 is 15.9 Å². The first-order valence-electron chi connectivity index (χ1n) is 8.25. The van der Waals surface area contributed by atoms with Gasteiger partial charge in [-0.3, -0.25) is 4.79 Å². The molecule has 0 amide bonds. The lowest BCUT2D eigenvalue weighted by molar-refractivity contribution is -0.116. The van der Waals surface area contributed by atoms with Gasteiger partial charge in [-0.15, -0.1) is 0 Å². The third-order valence-corrected chi connectivity index (χ3v) is 5.55. The molecule has 6 nitrogen and oxygen atoms in total. The highest BCUT2D eigenvalue weighted by Crippen LogP contribution is 2.47. The second kappa shape index (κ2) is 7.04. The van der Waals surface area contributed by atoms with Crippen molar-refractivity contribution in [2.45, 2.75) is 25.2 Å². The minimum atomic E-state index is -0.505. The number of ketones is 1. The molecule has 0 radical (unpaired) electrons. The number of ether oxygens (including phenoxy) is 2. The third-order valence-electron chi connectivity index (χ3n) is 4.96. The lowest BCUT2D eigenvalue weighted by Crippen LogP contribution is -2.36. The normalized spacial score (nSPS) is 20.0. The summed E-state index contributed by atoms with van der Waals surface area (Å²) in [6, 6.07) is 5.87. The molecule has 1 aromatic rings. The van der Waals surface area contributed by atoms with Gasteiger partial charge in [0.25, 0.3) is 0 Å². The molecule has 1 aromatic carbocycles. The lowest BCUT2D eigenvalue weighted by Gasteiger charge is -2.37. The van der Waals surface area contributed by atoms with E-state index in [1.165, 1.54) is 0 Å². The Morgan fingerprint density at radius 2 is 2.04 bits per heavy atom. The van der Waals surface area contributed by atoms with E-state index >= 15 is 0 Å². The summed E-state index contributed by atoms with van der Waals surface area (Å²) in [5.41, 5.74) is 8.94. The highest BCUT2D eigenvalue weighted by Gasteiger charge is 2.39. The highest BCUT2D eigenvalue weighted by molar-refractivity contribution is 9.10. The minimum absolute atomic E-state index is 0.0641. The van der Waals surface area contributed by atoms with Gasteiger partial charge in [0.1, 0.15) is 5.82 Å². The van der Waals surface area contributed by atoms with Crippen molar-refractivity contribution in [3.8, 4) is 17.6 Å². The molecule has 136 valence electrons. The van der Waals surface area contributed by atoms with Crippen molar-refractivity contribution >= 4 is 21.7 Å². The van der Waals surface area contributed by atoms with E-state index in [2.05, 4.69) is 22.0 Å². The smallest absolute Gasteiger partial charge is 0.174 e. The Bertz CT molecular complexity index is 883. The summed E-state index contributed by atoms with van der Waals surface area (Å²) in [6.45, 7) is 0. The number of carbonyl (C=O) groups is 1. The number of allylic oxidation sites excluding steroid dienone is 3. The summed E-state index contributed by atoms with van der Waals surface area (Å²) >= 11 is 3.49. The van der Waals surface area contributed by atoms with Gasteiger partial charge in [-0.25, -0.2) is 0 Å². The number of nitrogens with two attached hydrogens (primary N) is 1. The predicted molar refractivity (Wildman–Crippen MR) is 100 cm³/mol. The molecule has 0 spiro atoms. The van der Waals surface area contributed by atoms with Crippen molar-refractivity contribution in [1.82, 2.24) is 4.90 Å². The van der Waals surface area contributed by atoms with Crippen molar-refractivity contribution in [2.24, 2.45) is 5.73 Å². The number of methoxy groups -OCH3 is 2. The maximum Gasteiger partial charge on any atom is 0.174 e. The van der Waals surface area contributed by atoms with Crippen molar-refractivity contribution in [3.63, 3.8) is 0 Å². The molecule has 1 aliphatic carbocycles. The molecule has 7 heteroatoms. The van der Waals surface area contributed by atoms with Crippen molar-refractivity contribution in [3.05, 3.63) is 44.8 Å². The summed E-state index contributed by atoms with van der Waals surface area (Å²) in [7, 11) is 4.91. The maximum atomic E-state index is 12.8. The monoisotopic (exact) mass is 417 g/mol. The van der Waals surface area contributed by atoms with E-state index in [9.17, 15) is 10.1 Å². The van der Waals surface area contributed by atoms with Crippen LogP contribution in [0.3, 0.4) is 0 Å². The summed E-state index contributed by atoms with van der Waals surface area (Å²) in [6.07, 6.45) is 2.04.